The van der Waals surface area contributed by atoms with Crippen LogP contribution in [0.3, 0.4) is 0 Å². The molecule has 0 fully saturated rings. The second-order valence-corrected chi connectivity index (χ2v) is 4.11. The van der Waals surface area contributed by atoms with Crippen molar-refractivity contribution in [2.75, 3.05) is 13.2 Å². The maximum Gasteiger partial charge on any atom is 0.236 e. The van der Waals surface area contributed by atoms with Gasteiger partial charge in [0.1, 0.15) is 5.75 Å². The van der Waals surface area contributed by atoms with E-state index in [1.54, 1.807) is 0 Å². The summed E-state index contributed by atoms with van der Waals surface area (Å²) in [6, 6.07) is 5.90. The second-order valence-electron chi connectivity index (χ2n) is 4.11. The molecule has 98 valence electrons. The number of carbonyl (C=O) groups excluding carboxylic acids is 2. The molecule has 0 saturated carbocycles. The number of hydrogen-bond acceptors (Lipinski definition) is 3. The third kappa shape index (κ3) is 4.86. The van der Waals surface area contributed by atoms with Crippen molar-refractivity contribution in [1.82, 2.24) is 5.32 Å². The lowest BCUT2D eigenvalue weighted by molar-refractivity contribution is -0.125. The Morgan fingerprint density at radius 2 is 2.06 bits per heavy atom. The van der Waals surface area contributed by atoms with Crippen LogP contribution in [0.5, 0.6) is 5.75 Å². The third-order valence-corrected chi connectivity index (χ3v) is 2.39. The highest BCUT2D eigenvalue weighted by Gasteiger charge is 2.04. The van der Waals surface area contributed by atoms with E-state index >= 15 is 0 Å². The molecule has 5 heteroatoms. The fourth-order valence-corrected chi connectivity index (χ4v) is 1.39. The average molecular weight is 250 g/mol. The van der Waals surface area contributed by atoms with Crippen molar-refractivity contribution in [2.45, 2.75) is 20.3 Å². The molecule has 1 aromatic carbocycles. The van der Waals surface area contributed by atoms with Crippen molar-refractivity contribution in [3.63, 3.8) is 0 Å². The SMILES string of the molecule is Cc1ccc(C)c(OCCC(=O)NCC(N)=O)c1. The van der Waals surface area contributed by atoms with Crippen molar-refractivity contribution in [3.8, 4) is 5.75 Å². The Kier molecular flexibility index (Phi) is 5.17. The molecule has 0 spiro atoms. The first-order valence-electron chi connectivity index (χ1n) is 5.74. The fraction of sp³-hybridized carbons (Fsp3) is 0.385. The van der Waals surface area contributed by atoms with Gasteiger partial charge in [-0.05, 0) is 31.0 Å². The van der Waals surface area contributed by atoms with Gasteiger partial charge in [0.2, 0.25) is 11.8 Å². The van der Waals surface area contributed by atoms with Crippen LogP contribution in [0.1, 0.15) is 17.5 Å². The zero-order valence-electron chi connectivity index (χ0n) is 10.7. The number of rotatable bonds is 6. The minimum atomic E-state index is -0.557. The van der Waals surface area contributed by atoms with Gasteiger partial charge in [-0.3, -0.25) is 9.59 Å². The van der Waals surface area contributed by atoms with Gasteiger partial charge in [-0.2, -0.15) is 0 Å². The van der Waals surface area contributed by atoms with Gasteiger partial charge < -0.3 is 15.8 Å². The lowest BCUT2D eigenvalue weighted by Gasteiger charge is -2.09. The smallest absolute Gasteiger partial charge is 0.236 e. The van der Waals surface area contributed by atoms with E-state index in [0.29, 0.717) is 0 Å². The van der Waals surface area contributed by atoms with E-state index in [-0.39, 0.29) is 25.5 Å². The van der Waals surface area contributed by atoms with E-state index in [1.165, 1.54) is 0 Å². The van der Waals surface area contributed by atoms with E-state index in [0.717, 1.165) is 16.9 Å². The molecule has 18 heavy (non-hydrogen) atoms. The minimum absolute atomic E-state index is 0.137. The molecule has 1 rings (SSSR count). The molecule has 0 saturated heterocycles. The Morgan fingerprint density at radius 1 is 1.33 bits per heavy atom. The highest BCUT2D eigenvalue weighted by molar-refractivity contribution is 5.83. The Labute approximate surface area is 106 Å². The summed E-state index contributed by atoms with van der Waals surface area (Å²) in [5.74, 6) is -0.0318. The molecule has 0 atom stereocenters. The van der Waals surface area contributed by atoms with Gasteiger partial charge in [0.25, 0.3) is 0 Å². The predicted octanol–water partition coefficient (Wildman–Crippen LogP) is 0.674. The summed E-state index contributed by atoms with van der Waals surface area (Å²) in [4.78, 5) is 21.7. The van der Waals surface area contributed by atoms with Crippen molar-refractivity contribution < 1.29 is 14.3 Å². The molecule has 5 nitrogen and oxygen atoms in total. The van der Waals surface area contributed by atoms with E-state index in [4.69, 9.17) is 10.5 Å². The second kappa shape index (κ2) is 6.64. The molecule has 0 unspecified atom stereocenters. The number of ether oxygens (including phenoxy) is 1. The van der Waals surface area contributed by atoms with Gasteiger partial charge in [0, 0.05) is 0 Å². The predicted molar refractivity (Wildman–Crippen MR) is 68.2 cm³/mol. The molecule has 0 aliphatic rings. The van der Waals surface area contributed by atoms with Crippen LogP contribution < -0.4 is 15.8 Å². The lowest BCUT2D eigenvalue weighted by atomic mass is 10.1. The summed E-state index contributed by atoms with van der Waals surface area (Å²) >= 11 is 0. The Balaban J connectivity index is 2.35. The van der Waals surface area contributed by atoms with E-state index in [1.807, 2.05) is 32.0 Å². The van der Waals surface area contributed by atoms with Gasteiger partial charge in [-0.25, -0.2) is 0 Å². The summed E-state index contributed by atoms with van der Waals surface area (Å²) in [5.41, 5.74) is 7.04. The van der Waals surface area contributed by atoms with Crippen molar-refractivity contribution in [3.05, 3.63) is 29.3 Å². The van der Waals surface area contributed by atoms with Gasteiger partial charge in [-0.15, -0.1) is 0 Å². The van der Waals surface area contributed by atoms with E-state index in [2.05, 4.69) is 5.32 Å². The zero-order chi connectivity index (χ0) is 13.5. The van der Waals surface area contributed by atoms with Gasteiger partial charge >= 0.3 is 0 Å². The molecular formula is C13H18N2O3. The van der Waals surface area contributed by atoms with Crippen LogP contribution in [0.4, 0.5) is 0 Å². The number of aryl methyl sites for hydroxylation is 2. The highest BCUT2D eigenvalue weighted by Crippen LogP contribution is 2.18. The average Bonchev–Trinajstić information content (AvgIpc) is 2.31. The summed E-state index contributed by atoms with van der Waals surface area (Å²) in [7, 11) is 0. The van der Waals surface area contributed by atoms with E-state index in [9.17, 15) is 9.59 Å². The summed E-state index contributed by atoms with van der Waals surface area (Å²) in [5, 5.41) is 2.40. The number of amides is 2. The lowest BCUT2D eigenvalue weighted by Crippen LogP contribution is -2.33. The van der Waals surface area contributed by atoms with Crippen LogP contribution in [0.15, 0.2) is 18.2 Å². The van der Waals surface area contributed by atoms with Crippen molar-refractivity contribution >= 4 is 11.8 Å². The molecule has 0 heterocycles. The monoisotopic (exact) mass is 250 g/mol. The molecule has 0 radical (unpaired) electrons. The van der Waals surface area contributed by atoms with Crippen molar-refractivity contribution in [1.29, 1.82) is 0 Å². The molecule has 1 aromatic rings. The summed E-state index contributed by atoms with van der Waals surface area (Å²) < 4.78 is 5.52. The van der Waals surface area contributed by atoms with Crippen LogP contribution in [-0.4, -0.2) is 25.0 Å². The van der Waals surface area contributed by atoms with Crippen molar-refractivity contribution in [2.24, 2.45) is 5.73 Å². The zero-order valence-corrected chi connectivity index (χ0v) is 10.7. The van der Waals surface area contributed by atoms with Crippen LogP contribution in [0.2, 0.25) is 0 Å². The highest BCUT2D eigenvalue weighted by atomic mass is 16.5. The number of carbonyl (C=O) groups is 2. The minimum Gasteiger partial charge on any atom is -0.493 e. The standard InChI is InChI=1S/C13H18N2O3/c1-9-3-4-10(2)11(7-9)18-6-5-13(17)15-8-12(14)16/h3-4,7H,5-6,8H2,1-2H3,(H2,14,16)(H,15,17). The van der Waals surface area contributed by atoms with Gasteiger partial charge in [0.05, 0.1) is 19.6 Å². The number of nitrogens with one attached hydrogen (secondary N) is 1. The normalized spacial score (nSPS) is 9.89. The van der Waals surface area contributed by atoms with Gasteiger partial charge in [0.15, 0.2) is 0 Å². The molecule has 0 aliphatic carbocycles. The fourth-order valence-electron chi connectivity index (χ4n) is 1.39. The molecule has 0 aliphatic heterocycles. The number of benzene rings is 1. The molecule has 0 aromatic heterocycles. The van der Waals surface area contributed by atoms with Crippen LogP contribution in [-0.2, 0) is 9.59 Å². The Hall–Kier alpha value is -2.04. The molecule has 0 bridgehead atoms. The summed E-state index contributed by atoms with van der Waals surface area (Å²) in [6.45, 7) is 4.06. The maximum atomic E-state index is 11.3. The van der Waals surface area contributed by atoms with Crippen LogP contribution in [0, 0.1) is 13.8 Å². The maximum absolute atomic E-state index is 11.3. The number of primary amides is 1. The topological polar surface area (TPSA) is 81.4 Å². The van der Waals surface area contributed by atoms with Crippen LogP contribution in [0.25, 0.3) is 0 Å². The molecular weight excluding hydrogens is 232 g/mol. The first kappa shape index (κ1) is 14.0. The molecule has 3 N–H and O–H groups in total. The Bertz CT molecular complexity index is 444. The number of hydrogen-bond donors (Lipinski definition) is 2. The quantitative estimate of drug-likeness (QED) is 0.778. The Morgan fingerprint density at radius 3 is 2.72 bits per heavy atom. The number of nitrogens with two attached hydrogens (primary N) is 1. The molecule has 2 amide bonds. The largest absolute Gasteiger partial charge is 0.493 e. The summed E-state index contributed by atoms with van der Waals surface area (Å²) in [6.07, 6.45) is 0.195. The van der Waals surface area contributed by atoms with E-state index < -0.39 is 5.91 Å². The van der Waals surface area contributed by atoms with Gasteiger partial charge in [-0.1, -0.05) is 12.1 Å². The van der Waals surface area contributed by atoms with Crippen LogP contribution >= 0.6 is 0 Å². The third-order valence-electron chi connectivity index (χ3n) is 2.39. The first-order valence-corrected chi connectivity index (χ1v) is 5.74. The first-order chi connectivity index (χ1) is 8.49.